The van der Waals surface area contributed by atoms with Gasteiger partial charge in [0.05, 0.1) is 19.3 Å². The van der Waals surface area contributed by atoms with Gasteiger partial charge in [-0.1, -0.05) is 18.2 Å². The number of ether oxygens (including phenoxy) is 2. The fourth-order valence-corrected chi connectivity index (χ4v) is 3.75. The normalized spacial score (nSPS) is 14.9. The highest BCUT2D eigenvalue weighted by molar-refractivity contribution is 5.96. The van der Waals surface area contributed by atoms with E-state index in [1.165, 1.54) is 12.7 Å². The van der Waals surface area contributed by atoms with Gasteiger partial charge in [-0.3, -0.25) is 9.69 Å². The van der Waals surface area contributed by atoms with Crippen LogP contribution in [0.15, 0.2) is 42.5 Å². The van der Waals surface area contributed by atoms with Gasteiger partial charge in [-0.2, -0.15) is 0 Å². The first-order valence-electron chi connectivity index (χ1n) is 10.4. The highest BCUT2D eigenvalue weighted by Gasteiger charge is 2.25. The summed E-state index contributed by atoms with van der Waals surface area (Å²) in [5, 5.41) is 3.00. The number of anilines is 1. The topological polar surface area (TPSA) is 67.9 Å². The minimum Gasteiger partial charge on any atom is -0.494 e. The molecule has 1 N–H and O–H groups in total. The van der Waals surface area contributed by atoms with Crippen molar-refractivity contribution < 1.29 is 19.1 Å². The van der Waals surface area contributed by atoms with Crippen LogP contribution in [0.3, 0.4) is 0 Å². The smallest absolute Gasteiger partial charge is 0.337 e. The summed E-state index contributed by atoms with van der Waals surface area (Å²) in [6.07, 6.45) is 1.62. The maximum atomic E-state index is 12.8. The van der Waals surface area contributed by atoms with E-state index in [1.807, 2.05) is 32.0 Å². The summed E-state index contributed by atoms with van der Waals surface area (Å²) in [6.45, 7) is 7.16. The van der Waals surface area contributed by atoms with Crippen molar-refractivity contribution in [1.82, 2.24) is 4.90 Å². The Bertz CT molecular complexity index is 889. The zero-order chi connectivity index (χ0) is 21.5. The third-order valence-electron chi connectivity index (χ3n) is 5.49. The molecule has 3 rings (SSSR count). The molecule has 2 aromatic carbocycles. The van der Waals surface area contributed by atoms with Crippen LogP contribution in [0.2, 0.25) is 0 Å². The number of hydrogen-bond acceptors (Lipinski definition) is 5. The number of likely N-dealkylation sites (tertiary alicyclic amines) is 1. The first kappa shape index (κ1) is 21.8. The molecule has 0 unspecified atom stereocenters. The zero-order valence-electron chi connectivity index (χ0n) is 17.9. The Hall–Kier alpha value is -2.86. The number of piperidine rings is 1. The molecule has 0 bridgehead atoms. The average Bonchev–Trinajstić information content (AvgIpc) is 2.75. The van der Waals surface area contributed by atoms with Crippen molar-refractivity contribution in [2.45, 2.75) is 33.2 Å². The summed E-state index contributed by atoms with van der Waals surface area (Å²) < 4.78 is 10.3. The van der Waals surface area contributed by atoms with E-state index >= 15 is 0 Å². The van der Waals surface area contributed by atoms with Crippen molar-refractivity contribution in [2.24, 2.45) is 5.92 Å². The minimum absolute atomic E-state index is 0.0121. The molecule has 6 heteroatoms. The van der Waals surface area contributed by atoms with Crippen molar-refractivity contribution in [1.29, 1.82) is 0 Å². The van der Waals surface area contributed by atoms with Gasteiger partial charge >= 0.3 is 5.97 Å². The Morgan fingerprint density at radius 3 is 2.60 bits per heavy atom. The second-order valence-electron chi connectivity index (χ2n) is 7.64. The Labute approximate surface area is 178 Å². The third-order valence-corrected chi connectivity index (χ3v) is 5.49. The quantitative estimate of drug-likeness (QED) is 0.698. The Morgan fingerprint density at radius 1 is 1.13 bits per heavy atom. The van der Waals surface area contributed by atoms with E-state index in [-0.39, 0.29) is 11.8 Å². The van der Waals surface area contributed by atoms with Gasteiger partial charge in [0.15, 0.2) is 0 Å². The number of nitrogens with one attached hydrogen (secondary N) is 1. The van der Waals surface area contributed by atoms with E-state index < -0.39 is 5.97 Å². The lowest BCUT2D eigenvalue weighted by Crippen LogP contribution is -2.37. The lowest BCUT2D eigenvalue weighted by molar-refractivity contribution is -0.121. The van der Waals surface area contributed by atoms with E-state index in [9.17, 15) is 9.59 Å². The summed E-state index contributed by atoms with van der Waals surface area (Å²) in [5.41, 5.74) is 3.24. The first-order valence-corrected chi connectivity index (χ1v) is 10.4. The molecule has 0 radical (unpaired) electrons. The number of benzene rings is 2. The average molecular weight is 411 g/mol. The first-order chi connectivity index (χ1) is 14.5. The molecule has 0 aromatic heterocycles. The maximum Gasteiger partial charge on any atom is 0.337 e. The lowest BCUT2D eigenvalue weighted by atomic mass is 9.95. The second-order valence-corrected chi connectivity index (χ2v) is 7.64. The molecule has 1 saturated heterocycles. The van der Waals surface area contributed by atoms with E-state index in [0.717, 1.165) is 43.8 Å². The van der Waals surface area contributed by atoms with Crippen molar-refractivity contribution in [3.05, 3.63) is 59.2 Å². The van der Waals surface area contributed by atoms with Crippen LogP contribution >= 0.6 is 0 Å². The molecular formula is C24H30N2O4. The van der Waals surface area contributed by atoms with Crippen molar-refractivity contribution >= 4 is 17.6 Å². The number of carbonyl (C=O) groups excluding carboxylic acids is 2. The molecule has 0 spiro atoms. The van der Waals surface area contributed by atoms with Crippen LogP contribution in [0.1, 0.15) is 41.3 Å². The molecule has 1 amide bonds. The number of esters is 1. The number of methoxy groups -OCH3 is 1. The van der Waals surface area contributed by atoms with Gasteiger partial charge < -0.3 is 14.8 Å². The molecule has 1 heterocycles. The largest absolute Gasteiger partial charge is 0.494 e. The van der Waals surface area contributed by atoms with Crippen molar-refractivity contribution in [3.8, 4) is 5.75 Å². The minimum atomic E-state index is -0.410. The molecule has 6 nitrogen and oxygen atoms in total. The number of aryl methyl sites for hydroxylation is 1. The fraction of sp³-hybridized carbons (Fsp3) is 0.417. The Kier molecular flexibility index (Phi) is 7.46. The fourth-order valence-electron chi connectivity index (χ4n) is 3.75. The number of nitrogens with zero attached hydrogens (tertiary/aromatic N) is 1. The van der Waals surface area contributed by atoms with Crippen molar-refractivity contribution in [3.63, 3.8) is 0 Å². The van der Waals surface area contributed by atoms with E-state index in [0.29, 0.717) is 17.9 Å². The molecule has 160 valence electrons. The van der Waals surface area contributed by atoms with Crippen LogP contribution in [-0.2, 0) is 16.1 Å². The number of carbonyl (C=O) groups is 2. The summed E-state index contributed by atoms with van der Waals surface area (Å²) in [7, 11) is 1.35. The molecule has 1 aliphatic heterocycles. The molecule has 1 aliphatic rings. The van der Waals surface area contributed by atoms with E-state index in [2.05, 4.69) is 22.3 Å². The van der Waals surface area contributed by atoms with Crippen LogP contribution in [0, 0.1) is 12.8 Å². The molecule has 30 heavy (non-hydrogen) atoms. The van der Waals surface area contributed by atoms with E-state index in [1.54, 1.807) is 12.1 Å². The zero-order valence-corrected chi connectivity index (χ0v) is 17.9. The summed E-state index contributed by atoms with van der Waals surface area (Å²) in [6, 6.07) is 13.4. The van der Waals surface area contributed by atoms with Gasteiger partial charge in [0.25, 0.3) is 0 Å². The Morgan fingerprint density at radius 2 is 1.90 bits per heavy atom. The molecule has 0 aliphatic carbocycles. The van der Waals surface area contributed by atoms with Gasteiger partial charge in [-0.05, 0) is 75.2 Å². The molecule has 1 fully saturated rings. The molecule has 2 aromatic rings. The van der Waals surface area contributed by atoms with Crippen LogP contribution < -0.4 is 10.1 Å². The molecule has 0 atom stereocenters. The Balaban J connectivity index is 1.54. The number of rotatable bonds is 7. The molecule has 0 saturated carbocycles. The van der Waals surface area contributed by atoms with Gasteiger partial charge in [0.1, 0.15) is 5.75 Å². The summed E-state index contributed by atoms with van der Waals surface area (Å²) in [4.78, 5) is 26.9. The van der Waals surface area contributed by atoms with Crippen LogP contribution in [0.5, 0.6) is 5.75 Å². The summed E-state index contributed by atoms with van der Waals surface area (Å²) in [5.74, 6) is 0.469. The highest BCUT2D eigenvalue weighted by atomic mass is 16.5. The number of amides is 1. The summed E-state index contributed by atoms with van der Waals surface area (Å²) >= 11 is 0. The highest BCUT2D eigenvalue weighted by Crippen LogP contribution is 2.24. The maximum absolute atomic E-state index is 12.8. The van der Waals surface area contributed by atoms with Crippen molar-refractivity contribution in [2.75, 3.05) is 32.1 Å². The van der Waals surface area contributed by atoms with Crippen LogP contribution in [0.25, 0.3) is 0 Å². The van der Waals surface area contributed by atoms with E-state index in [4.69, 9.17) is 9.47 Å². The van der Waals surface area contributed by atoms with Gasteiger partial charge in [-0.25, -0.2) is 4.79 Å². The SMILES string of the molecule is CCOc1cccc(CN2CCC(C(=O)Nc3cc(C(=O)OC)ccc3C)CC2)c1. The van der Waals surface area contributed by atoms with Gasteiger partial charge in [0, 0.05) is 18.2 Å². The monoisotopic (exact) mass is 410 g/mol. The lowest BCUT2D eigenvalue weighted by Gasteiger charge is -2.31. The predicted octanol–water partition coefficient (Wildman–Crippen LogP) is 4.03. The number of hydrogen-bond donors (Lipinski definition) is 1. The van der Waals surface area contributed by atoms with Crippen LogP contribution in [-0.4, -0.2) is 43.6 Å². The second kappa shape index (κ2) is 10.3. The van der Waals surface area contributed by atoms with Gasteiger partial charge in [0.2, 0.25) is 5.91 Å². The van der Waals surface area contributed by atoms with Gasteiger partial charge in [-0.15, -0.1) is 0 Å². The standard InChI is InChI=1S/C24H30N2O4/c1-4-30-21-7-5-6-18(14-21)16-26-12-10-19(11-13-26)23(27)25-22-15-20(24(28)29-3)9-8-17(22)2/h5-9,14-15,19H,4,10-13,16H2,1-3H3,(H,25,27). The molecular weight excluding hydrogens is 380 g/mol. The van der Waals surface area contributed by atoms with Crippen LogP contribution in [0.4, 0.5) is 5.69 Å². The predicted molar refractivity (Wildman–Crippen MR) is 117 cm³/mol. The third kappa shape index (κ3) is 5.60.